The summed E-state index contributed by atoms with van der Waals surface area (Å²) in [6, 6.07) is 0.892. The Hall–Kier alpha value is -0.0400. The fraction of sp³-hybridized carbons (Fsp3) is 1.00. The molecule has 1 nitrogen and oxygen atoms in total. The van der Waals surface area contributed by atoms with E-state index in [1.54, 1.807) is 6.42 Å². The third-order valence-corrected chi connectivity index (χ3v) is 2.93. The topological polar surface area (TPSA) is 12.0 Å². The Morgan fingerprint density at radius 2 is 1.90 bits per heavy atom. The summed E-state index contributed by atoms with van der Waals surface area (Å²) in [6.45, 7) is 3.47. The number of rotatable bonds is 3. The molecule has 0 spiro atoms. The maximum Gasteiger partial charge on any atom is 0.00725 e. The van der Waals surface area contributed by atoms with Crippen LogP contribution in [0.4, 0.5) is 0 Å². The molecule has 0 amide bonds. The van der Waals surface area contributed by atoms with Crippen LogP contribution >= 0.6 is 0 Å². The minimum atomic E-state index is 0.892. The van der Waals surface area contributed by atoms with Gasteiger partial charge in [0.1, 0.15) is 0 Å². The van der Waals surface area contributed by atoms with E-state index in [1.807, 2.05) is 0 Å². The number of hydrogen-bond donors (Lipinski definition) is 1. The first-order valence-corrected chi connectivity index (χ1v) is 4.63. The van der Waals surface area contributed by atoms with Gasteiger partial charge < -0.3 is 5.32 Å². The Kier molecular flexibility index (Phi) is 1.69. The Bertz CT molecular complexity index is 112. The predicted molar refractivity (Wildman–Crippen MR) is 42.9 cm³/mol. The molecular weight excluding hydrogens is 122 g/mol. The second kappa shape index (κ2) is 2.54. The minimum Gasteiger partial charge on any atom is -0.314 e. The van der Waals surface area contributed by atoms with Crippen LogP contribution in [-0.2, 0) is 0 Å². The zero-order valence-electron chi connectivity index (χ0n) is 6.77. The van der Waals surface area contributed by atoms with Gasteiger partial charge in [-0.05, 0) is 44.1 Å². The normalized spacial score (nSPS) is 43.5. The van der Waals surface area contributed by atoms with E-state index >= 15 is 0 Å². The fourth-order valence-corrected chi connectivity index (χ4v) is 2.23. The van der Waals surface area contributed by atoms with E-state index in [4.69, 9.17) is 0 Å². The standard InChI is InChI=1S/C9H17N/c1-2-3-10-9-5-7-4-8(7)6-9/h7-10H,2-6H2,1H3. The molecule has 2 unspecified atom stereocenters. The molecule has 2 aliphatic carbocycles. The molecule has 1 heteroatoms. The van der Waals surface area contributed by atoms with Gasteiger partial charge in [-0.1, -0.05) is 6.92 Å². The second-order valence-electron chi connectivity index (χ2n) is 3.88. The summed E-state index contributed by atoms with van der Waals surface area (Å²) in [5, 5.41) is 3.59. The van der Waals surface area contributed by atoms with Crippen molar-refractivity contribution in [1.29, 1.82) is 0 Å². The van der Waals surface area contributed by atoms with Crippen LogP contribution in [-0.4, -0.2) is 12.6 Å². The van der Waals surface area contributed by atoms with Crippen molar-refractivity contribution < 1.29 is 0 Å². The summed E-state index contributed by atoms with van der Waals surface area (Å²) in [5.74, 6) is 2.27. The summed E-state index contributed by atoms with van der Waals surface area (Å²) in [6.07, 6.45) is 5.78. The van der Waals surface area contributed by atoms with E-state index in [2.05, 4.69) is 12.2 Å². The molecule has 2 atom stereocenters. The summed E-state index contributed by atoms with van der Waals surface area (Å²) >= 11 is 0. The van der Waals surface area contributed by atoms with Gasteiger partial charge in [-0.15, -0.1) is 0 Å². The number of hydrogen-bond acceptors (Lipinski definition) is 1. The average Bonchev–Trinajstić information content (AvgIpc) is 2.56. The van der Waals surface area contributed by atoms with Crippen LogP contribution in [0, 0.1) is 11.8 Å². The van der Waals surface area contributed by atoms with Crippen molar-refractivity contribution in [2.45, 2.75) is 38.6 Å². The highest BCUT2D eigenvalue weighted by molar-refractivity contribution is 4.98. The summed E-state index contributed by atoms with van der Waals surface area (Å²) in [4.78, 5) is 0. The lowest BCUT2D eigenvalue weighted by Crippen LogP contribution is -2.27. The SMILES string of the molecule is CCCNC1CC2CC2C1. The molecule has 0 bridgehead atoms. The van der Waals surface area contributed by atoms with Crippen molar-refractivity contribution >= 4 is 0 Å². The smallest absolute Gasteiger partial charge is 0.00725 e. The van der Waals surface area contributed by atoms with Crippen molar-refractivity contribution in [3.8, 4) is 0 Å². The van der Waals surface area contributed by atoms with Crippen LogP contribution in [0.2, 0.25) is 0 Å². The molecule has 0 saturated heterocycles. The molecule has 10 heavy (non-hydrogen) atoms. The first kappa shape index (κ1) is 6.66. The molecule has 58 valence electrons. The Morgan fingerprint density at radius 3 is 2.50 bits per heavy atom. The molecule has 0 heterocycles. The van der Waals surface area contributed by atoms with E-state index in [1.165, 1.54) is 25.8 Å². The van der Waals surface area contributed by atoms with Crippen molar-refractivity contribution in [2.75, 3.05) is 6.54 Å². The van der Waals surface area contributed by atoms with Gasteiger partial charge in [0.25, 0.3) is 0 Å². The molecule has 2 aliphatic rings. The van der Waals surface area contributed by atoms with Gasteiger partial charge in [-0.3, -0.25) is 0 Å². The highest BCUT2D eigenvalue weighted by atomic mass is 14.9. The van der Waals surface area contributed by atoms with Gasteiger partial charge in [-0.2, -0.15) is 0 Å². The molecule has 2 fully saturated rings. The fourth-order valence-electron chi connectivity index (χ4n) is 2.23. The highest BCUT2D eigenvalue weighted by Crippen LogP contribution is 2.51. The van der Waals surface area contributed by atoms with Gasteiger partial charge in [0.2, 0.25) is 0 Å². The van der Waals surface area contributed by atoms with E-state index in [0.29, 0.717) is 0 Å². The maximum absolute atomic E-state index is 3.59. The van der Waals surface area contributed by atoms with Gasteiger partial charge in [0, 0.05) is 6.04 Å². The maximum atomic E-state index is 3.59. The first-order chi connectivity index (χ1) is 4.90. The first-order valence-electron chi connectivity index (χ1n) is 4.63. The molecule has 0 aromatic carbocycles. The molecule has 2 saturated carbocycles. The van der Waals surface area contributed by atoms with Crippen LogP contribution in [0.5, 0.6) is 0 Å². The average molecular weight is 139 g/mol. The van der Waals surface area contributed by atoms with Crippen LogP contribution in [0.1, 0.15) is 32.6 Å². The van der Waals surface area contributed by atoms with Crippen molar-refractivity contribution in [3.63, 3.8) is 0 Å². The van der Waals surface area contributed by atoms with Gasteiger partial charge in [0.15, 0.2) is 0 Å². The molecule has 1 N–H and O–H groups in total. The van der Waals surface area contributed by atoms with E-state index in [9.17, 15) is 0 Å². The second-order valence-corrected chi connectivity index (χ2v) is 3.88. The van der Waals surface area contributed by atoms with Crippen LogP contribution in [0.15, 0.2) is 0 Å². The highest BCUT2D eigenvalue weighted by Gasteiger charge is 2.45. The molecule has 0 aliphatic heterocycles. The van der Waals surface area contributed by atoms with Crippen molar-refractivity contribution in [1.82, 2.24) is 5.32 Å². The number of fused-ring (bicyclic) bond motifs is 1. The third kappa shape index (κ3) is 1.20. The third-order valence-electron chi connectivity index (χ3n) is 2.93. The van der Waals surface area contributed by atoms with Crippen LogP contribution < -0.4 is 5.32 Å². The van der Waals surface area contributed by atoms with Gasteiger partial charge in [0.05, 0.1) is 0 Å². The molecule has 0 aromatic rings. The van der Waals surface area contributed by atoms with Gasteiger partial charge in [-0.25, -0.2) is 0 Å². The molecule has 0 radical (unpaired) electrons. The van der Waals surface area contributed by atoms with Gasteiger partial charge >= 0.3 is 0 Å². The lowest BCUT2D eigenvalue weighted by atomic mass is 10.1. The van der Waals surface area contributed by atoms with Crippen molar-refractivity contribution in [3.05, 3.63) is 0 Å². The summed E-state index contributed by atoms with van der Waals surface area (Å²) in [5.41, 5.74) is 0. The minimum absolute atomic E-state index is 0.892. The quantitative estimate of drug-likeness (QED) is 0.628. The summed E-state index contributed by atoms with van der Waals surface area (Å²) < 4.78 is 0. The molecular formula is C9H17N. The van der Waals surface area contributed by atoms with Crippen LogP contribution in [0.3, 0.4) is 0 Å². The van der Waals surface area contributed by atoms with Crippen molar-refractivity contribution in [2.24, 2.45) is 11.8 Å². The predicted octanol–water partition coefficient (Wildman–Crippen LogP) is 1.78. The Balaban J connectivity index is 1.66. The van der Waals surface area contributed by atoms with E-state index in [-0.39, 0.29) is 0 Å². The van der Waals surface area contributed by atoms with E-state index < -0.39 is 0 Å². The summed E-state index contributed by atoms with van der Waals surface area (Å²) in [7, 11) is 0. The lowest BCUT2D eigenvalue weighted by molar-refractivity contribution is 0.481. The zero-order chi connectivity index (χ0) is 6.97. The Morgan fingerprint density at radius 1 is 1.20 bits per heavy atom. The molecule has 2 rings (SSSR count). The Labute approximate surface area is 63.2 Å². The monoisotopic (exact) mass is 139 g/mol. The molecule has 0 aromatic heterocycles. The lowest BCUT2D eigenvalue weighted by Gasteiger charge is -2.12. The van der Waals surface area contributed by atoms with Crippen LogP contribution in [0.25, 0.3) is 0 Å². The zero-order valence-corrected chi connectivity index (χ0v) is 6.77. The largest absolute Gasteiger partial charge is 0.314 e. The number of nitrogens with one attached hydrogen (secondary N) is 1. The van der Waals surface area contributed by atoms with E-state index in [0.717, 1.165) is 17.9 Å².